The first-order chi connectivity index (χ1) is 13.6. The van der Waals surface area contributed by atoms with E-state index in [9.17, 15) is 4.79 Å². The zero-order valence-electron chi connectivity index (χ0n) is 16.1. The van der Waals surface area contributed by atoms with Crippen molar-refractivity contribution in [1.82, 2.24) is 9.55 Å². The molecule has 2 heterocycles. The summed E-state index contributed by atoms with van der Waals surface area (Å²) in [7, 11) is 0. The predicted molar refractivity (Wildman–Crippen MR) is 112 cm³/mol. The second-order valence-corrected chi connectivity index (χ2v) is 6.83. The normalized spacial score (nSPS) is 10.9. The van der Waals surface area contributed by atoms with Crippen LogP contribution < -0.4 is 11.3 Å². The molecule has 0 saturated heterocycles. The lowest BCUT2D eigenvalue weighted by atomic mass is 10.0. The highest BCUT2D eigenvalue weighted by molar-refractivity contribution is 5.80. The largest absolute Gasteiger partial charge is 0.464 e. The molecular formula is C22H26N4O2. The number of benzene rings is 1. The highest BCUT2D eigenvalue weighted by Crippen LogP contribution is 2.21. The molecule has 0 saturated carbocycles. The lowest BCUT2D eigenvalue weighted by molar-refractivity contribution is 0.582. The Kier molecular flexibility index (Phi) is 6.42. The van der Waals surface area contributed by atoms with Crippen LogP contribution in [0.5, 0.6) is 0 Å². The Balaban J connectivity index is 1.64. The van der Waals surface area contributed by atoms with Crippen LogP contribution in [0.1, 0.15) is 37.4 Å². The van der Waals surface area contributed by atoms with E-state index < -0.39 is 0 Å². The van der Waals surface area contributed by atoms with Crippen molar-refractivity contribution in [2.24, 2.45) is 0 Å². The number of nitrogens with one attached hydrogen (secondary N) is 1. The molecule has 3 N–H and O–H groups in total. The highest BCUT2D eigenvalue weighted by atomic mass is 16.3. The lowest BCUT2D eigenvalue weighted by Gasteiger charge is -2.10. The van der Waals surface area contributed by atoms with Gasteiger partial charge in [0.25, 0.3) is 5.56 Å². The summed E-state index contributed by atoms with van der Waals surface area (Å²) >= 11 is 0. The van der Waals surface area contributed by atoms with E-state index in [1.54, 1.807) is 12.3 Å². The maximum absolute atomic E-state index is 12.4. The Morgan fingerprint density at radius 1 is 1.21 bits per heavy atom. The molecule has 1 aromatic carbocycles. The van der Waals surface area contributed by atoms with Crippen molar-refractivity contribution in [1.29, 1.82) is 5.41 Å². The van der Waals surface area contributed by atoms with Crippen LogP contribution in [0.25, 0.3) is 11.3 Å². The number of hydrogen-bond acceptors (Lipinski definition) is 5. The van der Waals surface area contributed by atoms with E-state index in [0.717, 1.165) is 36.1 Å². The number of furan rings is 1. The van der Waals surface area contributed by atoms with Gasteiger partial charge in [-0.1, -0.05) is 25.1 Å². The quantitative estimate of drug-likeness (QED) is 0.548. The van der Waals surface area contributed by atoms with Crippen LogP contribution in [-0.2, 0) is 19.4 Å². The monoisotopic (exact) mass is 378 g/mol. The van der Waals surface area contributed by atoms with Gasteiger partial charge < -0.3 is 15.6 Å². The average molecular weight is 378 g/mol. The summed E-state index contributed by atoms with van der Waals surface area (Å²) in [5.41, 5.74) is 9.45. The number of nitrogens with two attached hydrogens (primary N) is 1. The molecule has 0 aliphatic rings. The number of nitrogen functional groups attached to an aromatic ring is 1. The van der Waals surface area contributed by atoms with Crippen molar-refractivity contribution >= 4 is 11.7 Å². The SMILES string of the molecule is CCC(=N)CCCn1c(N)nc(CCc2cccc(-c3ccco3)c2)cc1=O. The van der Waals surface area contributed by atoms with Gasteiger partial charge in [-0.2, -0.15) is 0 Å². The van der Waals surface area contributed by atoms with Gasteiger partial charge in [-0.3, -0.25) is 9.36 Å². The van der Waals surface area contributed by atoms with E-state index in [-0.39, 0.29) is 11.5 Å². The van der Waals surface area contributed by atoms with Crippen LogP contribution in [0.3, 0.4) is 0 Å². The van der Waals surface area contributed by atoms with Crippen molar-refractivity contribution in [3.8, 4) is 11.3 Å². The Labute approximate surface area is 164 Å². The molecule has 0 amide bonds. The van der Waals surface area contributed by atoms with Crippen LogP contribution in [-0.4, -0.2) is 15.3 Å². The van der Waals surface area contributed by atoms with Crippen molar-refractivity contribution < 1.29 is 4.42 Å². The molecule has 3 rings (SSSR count). The van der Waals surface area contributed by atoms with Gasteiger partial charge in [0, 0.05) is 23.9 Å². The van der Waals surface area contributed by atoms with Gasteiger partial charge in [-0.15, -0.1) is 0 Å². The molecule has 0 aliphatic carbocycles. The van der Waals surface area contributed by atoms with Crippen LogP contribution in [0.2, 0.25) is 0 Å². The third-order valence-electron chi connectivity index (χ3n) is 4.78. The molecule has 0 bridgehead atoms. The smallest absolute Gasteiger partial charge is 0.255 e. The zero-order valence-corrected chi connectivity index (χ0v) is 16.1. The molecule has 6 nitrogen and oxygen atoms in total. The first-order valence-corrected chi connectivity index (χ1v) is 9.62. The molecule has 146 valence electrons. The van der Waals surface area contributed by atoms with E-state index in [0.29, 0.717) is 30.8 Å². The topological polar surface area (TPSA) is 97.9 Å². The Bertz CT molecular complexity index is 990. The molecule has 0 unspecified atom stereocenters. The minimum absolute atomic E-state index is 0.130. The van der Waals surface area contributed by atoms with Gasteiger partial charge >= 0.3 is 0 Å². The first-order valence-electron chi connectivity index (χ1n) is 9.62. The lowest BCUT2D eigenvalue weighted by Crippen LogP contribution is -2.25. The second-order valence-electron chi connectivity index (χ2n) is 6.83. The number of aromatic nitrogens is 2. The second kappa shape index (κ2) is 9.17. The third-order valence-corrected chi connectivity index (χ3v) is 4.78. The van der Waals surface area contributed by atoms with E-state index in [1.165, 1.54) is 4.57 Å². The highest BCUT2D eigenvalue weighted by Gasteiger charge is 2.08. The van der Waals surface area contributed by atoms with Gasteiger partial charge in [-0.05, 0) is 55.9 Å². The Morgan fingerprint density at radius 2 is 2.07 bits per heavy atom. The minimum Gasteiger partial charge on any atom is -0.464 e. The summed E-state index contributed by atoms with van der Waals surface area (Å²) < 4.78 is 6.94. The number of rotatable bonds is 9. The average Bonchev–Trinajstić information content (AvgIpc) is 3.23. The van der Waals surface area contributed by atoms with E-state index >= 15 is 0 Å². The van der Waals surface area contributed by atoms with Gasteiger partial charge in [0.1, 0.15) is 5.76 Å². The zero-order chi connectivity index (χ0) is 19.9. The molecule has 0 aliphatic heterocycles. The standard InChI is InChI=1S/C22H26N4O2/c1-2-18(23)8-4-12-26-21(27)15-19(25-22(26)24)11-10-16-6-3-7-17(14-16)20-9-5-13-28-20/h3,5-7,9,13-15,23H,2,4,8,10-12H2,1H3,(H2,24,25). The van der Waals surface area contributed by atoms with Crippen LogP contribution >= 0.6 is 0 Å². The van der Waals surface area contributed by atoms with E-state index in [1.807, 2.05) is 31.2 Å². The number of aryl methyl sites for hydroxylation is 2. The summed E-state index contributed by atoms with van der Waals surface area (Å²) in [6.07, 6.45) is 5.20. The van der Waals surface area contributed by atoms with E-state index in [4.69, 9.17) is 15.6 Å². The molecule has 0 fully saturated rings. The van der Waals surface area contributed by atoms with Gasteiger partial charge in [0.2, 0.25) is 5.95 Å². The summed E-state index contributed by atoms with van der Waals surface area (Å²) in [5.74, 6) is 1.08. The van der Waals surface area contributed by atoms with Crippen LogP contribution in [0.15, 0.2) is 57.9 Å². The molecule has 28 heavy (non-hydrogen) atoms. The van der Waals surface area contributed by atoms with Crippen molar-refractivity contribution in [3.63, 3.8) is 0 Å². The molecule has 6 heteroatoms. The maximum atomic E-state index is 12.4. The summed E-state index contributed by atoms with van der Waals surface area (Å²) in [6.45, 7) is 2.45. The maximum Gasteiger partial charge on any atom is 0.255 e. The first kappa shape index (κ1) is 19.6. The Hall–Kier alpha value is -3.15. The van der Waals surface area contributed by atoms with Crippen molar-refractivity contribution in [3.05, 3.63) is 70.3 Å². The minimum atomic E-state index is -0.130. The fourth-order valence-electron chi connectivity index (χ4n) is 3.15. The number of nitrogens with zero attached hydrogens (tertiary/aromatic N) is 2. The molecule has 0 radical (unpaired) electrons. The number of anilines is 1. The summed E-state index contributed by atoms with van der Waals surface area (Å²) in [6, 6.07) is 13.5. The van der Waals surface area contributed by atoms with Crippen LogP contribution in [0, 0.1) is 5.41 Å². The molecule has 0 spiro atoms. The summed E-state index contributed by atoms with van der Waals surface area (Å²) in [5, 5.41) is 7.70. The summed E-state index contributed by atoms with van der Waals surface area (Å²) in [4.78, 5) is 16.8. The van der Waals surface area contributed by atoms with Crippen molar-refractivity contribution in [2.45, 2.75) is 45.6 Å². The number of hydrogen-bond donors (Lipinski definition) is 2. The molecule has 3 aromatic rings. The molecular weight excluding hydrogens is 352 g/mol. The molecule has 0 atom stereocenters. The van der Waals surface area contributed by atoms with Crippen molar-refractivity contribution in [2.75, 3.05) is 5.73 Å². The van der Waals surface area contributed by atoms with Gasteiger partial charge in [0.05, 0.1) is 12.0 Å². The predicted octanol–water partition coefficient (Wildman–Crippen LogP) is 4.08. The van der Waals surface area contributed by atoms with Gasteiger partial charge in [0.15, 0.2) is 0 Å². The molecule has 2 aromatic heterocycles. The van der Waals surface area contributed by atoms with Gasteiger partial charge in [-0.25, -0.2) is 4.98 Å². The Morgan fingerprint density at radius 3 is 2.79 bits per heavy atom. The fourth-order valence-corrected chi connectivity index (χ4v) is 3.15. The fraction of sp³-hybridized carbons (Fsp3) is 0.318. The van der Waals surface area contributed by atoms with Crippen LogP contribution in [0.4, 0.5) is 5.95 Å². The third kappa shape index (κ3) is 4.97. The van der Waals surface area contributed by atoms with E-state index in [2.05, 4.69) is 17.1 Å².